The number of allylic oxidation sites excluding steroid dienone is 2. The molecule has 0 aliphatic rings. The summed E-state index contributed by atoms with van der Waals surface area (Å²) in [5.74, 6) is -31.1. The van der Waals surface area contributed by atoms with Gasteiger partial charge < -0.3 is 4.74 Å². The minimum absolute atomic E-state index is 2.77. The van der Waals surface area contributed by atoms with Gasteiger partial charge in [0.05, 0.1) is 0 Å². The van der Waals surface area contributed by atoms with Gasteiger partial charge in [0.15, 0.2) is 5.57 Å². The lowest BCUT2D eigenvalue weighted by atomic mass is 10.1. The second-order valence-corrected chi connectivity index (χ2v) is 4.77. The quantitative estimate of drug-likeness (QED) is 0.220. The van der Waals surface area contributed by atoms with E-state index >= 15 is 0 Å². The summed E-state index contributed by atoms with van der Waals surface area (Å²) < 4.78 is 207. The van der Waals surface area contributed by atoms with Crippen molar-refractivity contribution in [1.82, 2.24) is 0 Å². The summed E-state index contributed by atoms with van der Waals surface area (Å²) in [6, 6.07) is 0. The Morgan fingerprint density at radius 2 is 0.828 bits per heavy atom. The van der Waals surface area contributed by atoms with E-state index in [0.29, 0.717) is 0 Å². The molecule has 0 bridgehead atoms. The van der Waals surface area contributed by atoms with Crippen LogP contribution in [0.1, 0.15) is 0 Å². The number of alkyl halides is 11. The van der Waals surface area contributed by atoms with Crippen LogP contribution < -0.4 is 4.74 Å². The van der Waals surface area contributed by atoms with Gasteiger partial charge in [0.2, 0.25) is 40.6 Å². The van der Waals surface area contributed by atoms with Gasteiger partial charge in [-0.05, 0) is 0 Å². The standard InChI is InChI=1S/C12F16O/c13-1-2(14)4(16)6(5(17)3(1)15)29-8(9(18,19)12(26,27)28)7(10(20,21)22)11(23,24)25. The van der Waals surface area contributed by atoms with E-state index in [2.05, 4.69) is 4.74 Å². The van der Waals surface area contributed by atoms with E-state index in [4.69, 9.17) is 0 Å². The lowest BCUT2D eigenvalue weighted by Crippen LogP contribution is -2.44. The van der Waals surface area contributed by atoms with Crippen molar-refractivity contribution >= 4 is 0 Å². The molecule has 1 aromatic rings. The Kier molecular flexibility index (Phi) is 6.09. The zero-order chi connectivity index (χ0) is 23.3. The fourth-order valence-electron chi connectivity index (χ4n) is 1.60. The number of halogens is 16. The largest absolute Gasteiger partial charge is 0.461 e. The fourth-order valence-corrected chi connectivity index (χ4v) is 1.60. The highest BCUT2D eigenvalue weighted by Crippen LogP contribution is 2.50. The summed E-state index contributed by atoms with van der Waals surface area (Å²) in [6.07, 6.45) is -21.5. The molecule has 0 heterocycles. The smallest absolute Gasteiger partial charge is 0.448 e. The van der Waals surface area contributed by atoms with E-state index in [1.165, 1.54) is 0 Å². The summed E-state index contributed by atoms with van der Waals surface area (Å²) in [5.41, 5.74) is -4.74. The van der Waals surface area contributed by atoms with Crippen LogP contribution in [0.5, 0.6) is 5.75 Å². The first kappa shape index (κ1) is 24.7. The molecule has 1 rings (SSSR count). The van der Waals surface area contributed by atoms with Crippen LogP contribution >= 0.6 is 0 Å². The second-order valence-electron chi connectivity index (χ2n) is 4.77. The van der Waals surface area contributed by atoms with Crippen LogP contribution in [0, 0.1) is 29.1 Å². The minimum atomic E-state index is -7.28. The molecule has 0 aliphatic heterocycles. The highest BCUT2D eigenvalue weighted by atomic mass is 19.4. The highest BCUT2D eigenvalue weighted by Gasteiger charge is 2.68. The topological polar surface area (TPSA) is 9.23 Å². The first-order valence-electron chi connectivity index (χ1n) is 6.18. The number of rotatable bonds is 3. The average molecular weight is 464 g/mol. The predicted octanol–water partition coefficient (Wildman–Crippen LogP) is 6.34. The number of benzene rings is 1. The van der Waals surface area contributed by atoms with Crippen LogP contribution in [0.25, 0.3) is 0 Å². The number of hydrogen-bond acceptors (Lipinski definition) is 1. The summed E-state index contributed by atoms with van der Waals surface area (Å²) in [7, 11) is 0. The van der Waals surface area contributed by atoms with Crippen LogP contribution in [0.4, 0.5) is 70.2 Å². The molecule has 17 heteroatoms. The van der Waals surface area contributed by atoms with E-state index in [-0.39, 0.29) is 0 Å². The number of hydrogen-bond donors (Lipinski definition) is 0. The van der Waals surface area contributed by atoms with E-state index in [1.807, 2.05) is 0 Å². The van der Waals surface area contributed by atoms with Crippen molar-refractivity contribution in [3.8, 4) is 5.75 Å². The van der Waals surface area contributed by atoms with Gasteiger partial charge >= 0.3 is 24.5 Å². The van der Waals surface area contributed by atoms with Gasteiger partial charge in [-0.1, -0.05) is 0 Å². The molecule has 0 saturated heterocycles. The van der Waals surface area contributed by atoms with E-state index < -0.39 is 70.6 Å². The first-order chi connectivity index (χ1) is 12.7. The van der Waals surface area contributed by atoms with Gasteiger partial charge in [-0.3, -0.25) is 0 Å². The van der Waals surface area contributed by atoms with Crippen molar-refractivity contribution in [3.63, 3.8) is 0 Å². The molecule has 29 heavy (non-hydrogen) atoms. The number of ether oxygens (including phenoxy) is 1. The van der Waals surface area contributed by atoms with Gasteiger partial charge in [-0.2, -0.15) is 57.1 Å². The van der Waals surface area contributed by atoms with Gasteiger partial charge in [0, 0.05) is 0 Å². The Balaban J connectivity index is 4.06. The molecule has 0 spiro atoms. The molecule has 0 aliphatic carbocycles. The maximum atomic E-state index is 13.3. The summed E-state index contributed by atoms with van der Waals surface area (Å²) in [5, 5.41) is 0. The average Bonchev–Trinajstić information content (AvgIpc) is 2.50. The van der Waals surface area contributed by atoms with Crippen LogP contribution in [0.15, 0.2) is 11.3 Å². The van der Waals surface area contributed by atoms with Gasteiger partial charge in [0.25, 0.3) is 0 Å². The third-order valence-corrected chi connectivity index (χ3v) is 2.81. The Morgan fingerprint density at radius 3 is 1.10 bits per heavy atom. The van der Waals surface area contributed by atoms with E-state index in [9.17, 15) is 70.2 Å². The normalized spacial score (nSPS) is 13.5. The maximum absolute atomic E-state index is 13.3. The van der Waals surface area contributed by atoms with Crippen molar-refractivity contribution in [3.05, 3.63) is 40.4 Å². The Labute approximate surface area is 147 Å². The summed E-state index contributed by atoms with van der Waals surface area (Å²) >= 11 is 0. The molecule has 0 radical (unpaired) electrons. The third-order valence-electron chi connectivity index (χ3n) is 2.81. The molecule has 0 saturated carbocycles. The van der Waals surface area contributed by atoms with Crippen molar-refractivity contribution in [2.24, 2.45) is 0 Å². The van der Waals surface area contributed by atoms with Crippen LogP contribution in [0.2, 0.25) is 0 Å². The van der Waals surface area contributed by atoms with Gasteiger partial charge in [-0.25, -0.2) is 13.2 Å². The predicted molar refractivity (Wildman–Crippen MR) is 57.0 cm³/mol. The molecule has 166 valence electrons. The zero-order valence-corrected chi connectivity index (χ0v) is 12.5. The van der Waals surface area contributed by atoms with Crippen LogP contribution in [0.3, 0.4) is 0 Å². The van der Waals surface area contributed by atoms with E-state index in [1.54, 1.807) is 0 Å². The van der Waals surface area contributed by atoms with Crippen molar-refractivity contribution < 1.29 is 75.0 Å². The molecule has 1 aromatic carbocycles. The minimum Gasteiger partial charge on any atom is -0.448 e. The lowest BCUT2D eigenvalue weighted by molar-refractivity contribution is -0.277. The molecule has 0 unspecified atom stereocenters. The second kappa shape index (κ2) is 7.16. The Hall–Kier alpha value is -2.36. The zero-order valence-electron chi connectivity index (χ0n) is 12.5. The van der Waals surface area contributed by atoms with Crippen molar-refractivity contribution in [1.29, 1.82) is 0 Å². The third kappa shape index (κ3) is 4.47. The van der Waals surface area contributed by atoms with E-state index in [0.717, 1.165) is 0 Å². The summed E-state index contributed by atoms with van der Waals surface area (Å²) in [6.45, 7) is 0. The molecule has 0 atom stereocenters. The van der Waals surface area contributed by atoms with Gasteiger partial charge in [0.1, 0.15) is 0 Å². The first-order valence-corrected chi connectivity index (χ1v) is 6.18. The lowest BCUT2D eigenvalue weighted by Gasteiger charge is -2.27. The molecular formula is C12F16O. The van der Waals surface area contributed by atoms with Crippen LogP contribution in [-0.2, 0) is 0 Å². The van der Waals surface area contributed by atoms with Crippen molar-refractivity contribution in [2.45, 2.75) is 24.5 Å². The molecule has 0 amide bonds. The fraction of sp³-hybridized carbons (Fsp3) is 0.333. The molecule has 0 N–H and O–H groups in total. The molecular weight excluding hydrogens is 464 g/mol. The maximum Gasteiger partial charge on any atom is 0.461 e. The highest BCUT2D eigenvalue weighted by molar-refractivity contribution is 5.35. The molecule has 0 aromatic heterocycles. The SMILES string of the molecule is Fc1c(F)c(F)c(OC(=C(C(F)(F)F)C(F)(F)F)C(F)(F)C(F)(F)F)c(F)c1F. The Morgan fingerprint density at radius 1 is 0.517 bits per heavy atom. The van der Waals surface area contributed by atoms with Gasteiger partial charge in [-0.15, -0.1) is 0 Å². The van der Waals surface area contributed by atoms with Crippen molar-refractivity contribution in [2.75, 3.05) is 0 Å². The monoisotopic (exact) mass is 464 g/mol. The Bertz CT molecular complexity index is 779. The molecule has 0 fully saturated rings. The summed E-state index contributed by atoms with van der Waals surface area (Å²) in [4.78, 5) is 0. The molecule has 1 nitrogen and oxygen atoms in total. The van der Waals surface area contributed by atoms with Crippen LogP contribution in [-0.4, -0.2) is 24.5 Å².